The fourth-order valence-corrected chi connectivity index (χ4v) is 5.16. The molecule has 0 aromatic heterocycles. The van der Waals surface area contributed by atoms with E-state index in [2.05, 4.69) is 0 Å². The Morgan fingerprint density at radius 2 is 1.79 bits per heavy atom. The minimum absolute atomic E-state index is 0.101. The molecule has 0 atom stereocenters. The molecule has 1 fully saturated rings. The number of benzene rings is 2. The van der Waals surface area contributed by atoms with Crippen LogP contribution in [0.3, 0.4) is 0 Å². The third-order valence-electron chi connectivity index (χ3n) is 5.21. The number of sulfonamides is 1. The summed E-state index contributed by atoms with van der Waals surface area (Å²) in [6.07, 6.45) is 0.630. The van der Waals surface area contributed by atoms with Gasteiger partial charge < -0.3 is 14.4 Å². The molecule has 0 unspecified atom stereocenters. The summed E-state index contributed by atoms with van der Waals surface area (Å²) in [7, 11) is -3.55. The normalized spacial score (nSPS) is 17.2. The highest BCUT2D eigenvalue weighted by Crippen LogP contribution is 2.32. The van der Waals surface area contributed by atoms with Gasteiger partial charge in [-0.2, -0.15) is 4.31 Å². The molecule has 2 aromatic rings. The van der Waals surface area contributed by atoms with E-state index in [0.29, 0.717) is 51.4 Å². The third kappa shape index (κ3) is 3.88. The fourth-order valence-electron chi connectivity index (χ4n) is 3.70. The van der Waals surface area contributed by atoms with Gasteiger partial charge in [0.1, 0.15) is 5.75 Å². The Kier molecular flexibility index (Phi) is 5.58. The molecule has 1 amide bonds. The first-order valence-electron chi connectivity index (χ1n) is 9.76. The summed E-state index contributed by atoms with van der Waals surface area (Å²) >= 11 is 0. The number of anilines is 1. The van der Waals surface area contributed by atoms with Crippen molar-refractivity contribution in [2.45, 2.75) is 18.2 Å². The lowest BCUT2D eigenvalue weighted by molar-refractivity contribution is 0.0730. The Balaban J connectivity index is 1.56. The van der Waals surface area contributed by atoms with Crippen molar-refractivity contribution >= 4 is 21.6 Å². The summed E-state index contributed by atoms with van der Waals surface area (Å²) in [5, 5.41) is 0. The summed E-state index contributed by atoms with van der Waals surface area (Å²) < 4.78 is 37.9. The molecule has 2 heterocycles. The van der Waals surface area contributed by atoms with Gasteiger partial charge in [0.25, 0.3) is 5.91 Å². The van der Waals surface area contributed by atoms with Crippen LogP contribution < -0.4 is 9.64 Å². The zero-order valence-corrected chi connectivity index (χ0v) is 17.2. The first-order chi connectivity index (χ1) is 14.0. The second kappa shape index (κ2) is 8.14. The van der Waals surface area contributed by atoms with Crippen LogP contribution in [0.4, 0.5) is 5.69 Å². The second-order valence-electron chi connectivity index (χ2n) is 6.97. The molecule has 8 heteroatoms. The first kappa shape index (κ1) is 19.9. The number of rotatable bonds is 5. The summed E-state index contributed by atoms with van der Waals surface area (Å²) in [5.41, 5.74) is 2.22. The predicted octanol–water partition coefficient (Wildman–Crippen LogP) is 2.31. The molecule has 29 heavy (non-hydrogen) atoms. The topological polar surface area (TPSA) is 76.2 Å². The van der Waals surface area contributed by atoms with Gasteiger partial charge in [-0.05, 0) is 61.4 Å². The van der Waals surface area contributed by atoms with Gasteiger partial charge in [-0.1, -0.05) is 0 Å². The van der Waals surface area contributed by atoms with Gasteiger partial charge in [-0.15, -0.1) is 0 Å². The molecule has 2 aromatic carbocycles. The van der Waals surface area contributed by atoms with Crippen LogP contribution in [0.25, 0.3) is 0 Å². The second-order valence-corrected chi connectivity index (χ2v) is 8.91. The van der Waals surface area contributed by atoms with Crippen LogP contribution in [0.1, 0.15) is 22.8 Å². The SMILES string of the molecule is CCOc1ccc(C(=O)N2CCc3cc(S(=O)(=O)N4CCOCC4)ccc32)cc1. The molecule has 0 saturated carbocycles. The van der Waals surface area contributed by atoms with Gasteiger partial charge >= 0.3 is 0 Å². The summed E-state index contributed by atoms with van der Waals surface area (Å²) in [4.78, 5) is 14.9. The molecule has 0 bridgehead atoms. The molecule has 0 N–H and O–H groups in total. The Bertz CT molecular complexity index is 998. The molecule has 1 saturated heterocycles. The van der Waals surface area contributed by atoms with Crippen molar-refractivity contribution in [1.82, 2.24) is 4.31 Å². The maximum Gasteiger partial charge on any atom is 0.258 e. The number of ether oxygens (including phenoxy) is 2. The van der Waals surface area contributed by atoms with E-state index in [0.717, 1.165) is 17.0 Å². The number of fused-ring (bicyclic) bond motifs is 1. The van der Waals surface area contributed by atoms with Crippen molar-refractivity contribution in [3.63, 3.8) is 0 Å². The van der Waals surface area contributed by atoms with Gasteiger partial charge in [0.05, 0.1) is 24.7 Å². The van der Waals surface area contributed by atoms with E-state index in [-0.39, 0.29) is 10.8 Å². The maximum atomic E-state index is 13.0. The van der Waals surface area contributed by atoms with Crippen molar-refractivity contribution in [3.05, 3.63) is 53.6 Å². The van der Waals surface area contributed by atoms with E-state index in [1.54, 1.807) is 47.4 Å². The number of carbonyl (C=O) groups is 1. The van der Waals surface area contributed by atoms with Crippen LogP contribution in [-0.2, 0) is 21.2 Å². The summed E-state index contributed by atoms with van der Waals surface area (Å²) in [6.45, 7) is 4.56. The van der Waals surface area contributed by atoms with Crippen LogP contribution >= 0.6 is 0 Å². The molecule has 2 aliphatic rings. The fraction of sp³-hybridized carbons (Fsp3) is 0.381. The monoisotopic (exact) mass is 416 g/mol. The average molecular weight is 416 g/mol. The van der Waals surface area contributed by atoms with E-state index in [9.17, 15) is 13.2 Å². The smallest absolute Gasteiger partial charge is 0.258 e. The molecule has 7 nitrogen and oxygen atoms in total. The summed E-state index contributed by atoms with van der Waals surface area (Å²) in [6, 6.07) is 12.1. The lowest BCUT2D eigenvalue weighted by atomic mass is 10.1. The molecule has 0 aliphatic carbocycles. The van der Waals surface area contributed by atoms with Crippen molar-refractivity contribution in [1.29, 1.82) is 0 Å². The predicted molar refractivity (Wildman–Crippen MR) is 109 cm³/mol. The van der Waals surface area contributed by atoms with Gasteiger partial charge in [-0.3, -0.25) is 4.79 Å². The van der Waals surface area contributed by atoms with Crippen molar-refractivity contribution < 1.29 is 22.7 Å². The number of nitrogens with zero attached hydrogens (tertiary/aromatic N) is 2. The highest BCUT2D eigenvalue weighted by molar-refractivity contribution is 7.89. The Morgan fingerprint density at radius 1 is 1.07 bits per heavy atom. The zero-order valence-electron chi connectivity index (χ0n) is 16.3. The van der Waals surface area contributed by atoms with Crippen LogP contribution in [-0.4, -0.2) is 58.1 Å². The average Bonchev–Trinajstić information content (AvgIpc) is 3.18. The van der Waals surface area contributed by atoms with E-state index < -0.39 is 10.0 Å². The highest BCUT2D eigenvalue weighted by atomic mass is 32.2. The van der Waals surface area contributed by atoms with Gasteiger partial charge in [0.2, 0.25) is 10.0 Å². The lowest BCUT2D eigenvalue weighted by Crippen LogP contribution is -2.40. The molecular formula is C21H24N2O5S. The minimum Gasteiger partial charge on any atom is -0.494 e. The van der Waals surface area contributed by atoms with Crippen molar-refractivity contribution in [3.8, 4) is 5.75 Å². The minimum atomic E-state index is -3.55. The van der Waals surface area contributed by atoms with E-state index in [4.69, 9.17) is 9.47 Å². The Hall–Kier alpha value is -2.42. The van der Waals surface area contributed by atoms with E-state index >= 15 is 0 Å². The number of hydrogen-bond donors (Lipinski definition) is 0. The number of amides is 1. The van der Waals surface area contributed by atoms with Crippen LogP contribution in [0.2, 0.25) is 0 Å². The first-order valence-corrected chi connectivity index (χ1v) is 11.2. The quantitative estimate of drug-likeness (QED) is 0.748. The van der Waals surface area contributed by atoms with Crippen LogP contribution in [0, 0.1) is 0 Å². The van der Waals surface area contributed by atoms with Crippen molar-refractivity contribution in [2.75, 3.05) is 44.4 Å². The number of hydrogen-bond acceptors (Lipinski definition) is 5. The number of morpholine rings is 1. The zero-order chi connectivity index (χ0) is 20.4. The molecule has 154 valence electrons. The highest BCUT2D eigenvalue weighted by Gasteiger charge is 2.30. The van der Waals surface area contributed by atoms with Crippen LogP contribution in [0.15, 0.2) is 47.4 Å². The van der Waals surface area contributed by atoms with Gasteiger partial charge in [0.15, 0.2) is 0 Å². The van der Waals surface area contributed by atoms with Gasteiger partial charge in [0, 0.05) is 30.9 Å². The third-order valence-corrected chi connectivity index (χ3v) is 7.11. The standard InChI is InChI=1S/C21H24N2O5S/c1-2-28-18-5-3-16(4-6-18)21(24)23-10-9-17-15-19(7-8-20(17)23)29(25,26)22-11-13-27-14-12-22/h3-8,15H,2,9-14H2,1H3. The molecule has 2 aliphatic heterocycles. The number of carbonyl (C=O) groups excluding carboxylic acids is 1. The Labute approximate surface area is 170 Å². The van der Waals surface area contributed by atoms with Crippen molar-refractivity contribution in [2.24, 2.45) is 0 Å². The molecule has 4 rings (SSSR count). The van der Waals surface area contributed by atoms with Crippen LogP contribution in [0.5, 0.6) is 5.75 Å². The molecular weight excluding hydrogens is 392 g/mol. The van der Waals surface area contributed by atoms with E-state index in [1.807, 2.05) is 6.92 Å². The van der Waals surface area contributed by atoms with Gasteiger partial charge in [-0.25, -0.2) is 8.42 Å². The molecule has 0 spiro atoms. The van der Waals surface area contributed by atoms with E-state index in [1.165, 1.54) is 4.31 Å². The largest absolute Gasteiger partial charge is 0.494 e. The summed E-state index contributed by atoms with van der Waals surface area (Å²) in [5.74, 6) is 0.624. The lowest BCUT2D eigenvalue weighted by Gasteiger charge is -2.26. The molecule has 0 radical (unpaired) electrons. The maximum absolute atomic E-state index is 13.0. The Morgan fingerprint density at radius 3 is 2.48 bits per heavy atom.